The zero-order chi connectivity index (χ0) is 10.7. The minimum absolute atomic E-state index is 0. The largest absolute Gasteiger partial charge is 1.00 e. The maximum atomic E-state index is 5.65. The molecule has 0 saturated carbocycles. The van der Waals surface area contributed by atoms with Gasteiger partial charge in [0.05, 0.1) is 0 Å². The molecular weight excluding hydrogens is 375 g/mol. The van der Waals surface area contributed by atoms with E-state index in [2.05, 4.69) is 31.9 Å². The van der Waals surface area contributed by atoms with E-state index < -0.39 is 0 Å². The van der Waals surface area contributed by atoms with Crippen LogP contribution in [0.3, 0.4) is 0 Å². The molecule has 1 nitrogen and oxygen atoms in total. The number of hydrogen-bond acceptors (Lipinski definition) is 2. The summed E-state index contributed by atoms with van der Waals surface area (Å²) in [7, 11) is 0. The predicted molar refractivity (Wildman–Crippen MR) is 77.1 cm³/mol. The summed E-state index contributed by atoms with van der Waals surface area (Å²) >= 11 is 6.76. The van der Waals surface area contributed by atoms with Gasteiger partial charge >= 0.3 is 29.6 Å². The Morgan fingerprint density at radius 3 is 1.24 bits per heavy atom. The van der Waals surface area contributed by atoms with Crippen molar-refractivity contribution in [1.82, 2.24) is 0 Å². The van der Waals surface area contributed by atoms with E-state index in [-0.39, 0.29) is 43.1 Å². The van der Waals surface area contributed by atoms with Crippen LogP contribution in [0.15, 0.2) is 57.5 Å². The van der Waals surface area contributed by atoms with Crippen LogP contribution in [-0.4, -0.2) is 0 Å². The average molecular weight is 384 g/mol. The molecule has 5 heteroatoms. The Kier molecular flexibility index (Phi) is 8.90. The summed E-state index contributed by atoms with van der Waals surface area (Å²) in [6.45, 7) is 0. The fraction of sp³-hybridized carbons (Fsp3) is 0. The Hall–Kier alpha value is 0.550. The van der Waals surface area contributed by atoms with Crippen LogP contribution in [0.25, 0.3) is 0 Å². The molecule has 0 aromatic heterocycles. The Labute approximate surface area is 147 Å². The third kappa shape index (κ3) is 5.81. The minimum atomic E-state index is 0. The van der Waals surface area contributed by atoms with Crippen molar-refractivity contribution < 1.29 is 34.3 Å². The number of benzene rings is 2. The first kappa shape index (κ1) is 17.6. The summed E-state index contributed by atoms with van der Waals surface area (Å²) in [5, 5.41) is 0. The summed E-state index contributed by atoms with van der Waals surface area (Å²) in [6.07, 6.45) is 0. The fourth-order valence-corrected chi connectivity index (χ4v) is 1.67. The van der Waals surface area contributed by atoms with E-state index in [0.29, 0.717) is 0 Å². The van der Waals surface area contributed by atoms with Gasteiger partial charge in [0.25, 0.3) is 0 Å². The molecule has 0 saturated heterocycles. The number of hydrogen-bond donors (Lipinski definition) is 0. The van der Waals surface area contributed by atoms with Crippen molar-refractivity contribution in [3.63, 3.8) is 0 Å². The first-order chi connectivity index (χ1) is 7.24. The summed E-state index contributed by atoms with van der Waals surface area (Å²) in [5.74, 6) is 1.67. The van der Waals surface area contributed by atoms with E-state index in [9.17, 15) is 0 Å². The molecule has 0 amide bonds. The fourth-order valence-electron chi connectivity index (χ4n) is 1.14. The zero-order valence-electron chi connectivity index (χ0n) is 9.23. The molecule has 0 spiro atoms. The van der Waals surface area contributed by atoms with Crippen LogP contribution in [0.2, 0.25) is 0 Å². The standard InChI is InChI=1S/C12H8Br2O.Na.H2S/c13-9-1-5-11(6-2-9)15-12-7-3-10(14)4-8-12;;/h1-8H;;1H2/q;+1;/p-1. The molecule has 0 unspecified atom stereocenters. The molecule has 0 aliphatic rings. The predicted octanol–water partition coefficient (Wildman–Crippen LogP) is 1.74. The molecule has 0 atom stereocenters. The van der Waals surface area contributed by atoms with Crippen molar-refractivity contribution in [2.45, 2.75) is 0 Å². The smallest absolute Gasteiger partial charge is 0.813 e. The number of ether oxygens (including phenoxy) is 1. The Morgan fingerprint density at radius 2 is 0.941 bits per heavy atom. The van der Waals surface area contributed by atoms with Gasteiger partial charge in [-0.3, -0.25) is 0 Å². The normalized spacial score (nSPS) is 8.82. The van der Waals surface area contributed by atoms with E-state index in [1.54, 1.807) is 0 Å². The van der Waals surface area contributed by atoms with Gasteiger partial charge in [0.2, 0.25) is 0 Å². The first-order valence-electron chi connectivity index (χ1n) is 4.43. The Balaban J connectivity index is 0.00000128. The molecule has 2 rings (SSSR count). The van der Waals surface area contributed by atoms with Crippen molar-refractivity contribution in [3.8, 4) is 11.5 Å². The van der Waals surface area contributed by atoms with Gasteiger partial charge in [-0.1, -0.05) is 31.9 Å². The molecule has 84 valence electrons. The molecule has 0 N–H and O–H groups in total. The topological polar surface area (TPSA) is 9.23 Å². The second-order valence-corrected chi connectivity index (χ2v) is 4.84. The van der Waals surface area contributed by atoms with E-state index in [0.717, 1.165) is 20.4 Å². The van der Waals surface area contributed by atoms with E-state index in [4.69, 9.17) is 4.74 Å². The summed E-state index contributed by atoms with van der Waals surface area (Å²) in [5.41, 5.74) is 0. The zero-order valence-corrected chi connectivity index (χ0v) is 15.3. The van der Waals surface area contributed by atoms with E-state index in [1.807, 2.05) is 48.5 Å². The van der Waals surface area contributed by atoms with E-state index >= 15 is 0 Å². The summed E-state index contributed by atoms with van der Waals surface area (Å²) in [4.78, 5) is 0. The third-order valence-electron chi connectivity index (χ3n) is 1.86. The molecule has 2 aromatic carbocycles. The van der Waals surface area contributed by atoms with Crippen LogP contribution < -0.4 is 34.3 Å². The van der Waals surface area contributed by atoms with Gasteiger partial charge in [-0.05, 0) is 48.5 Å². The van der Waals surface area contributed by atoms with Gasteiger partial charge in [0.15, 0.2) is 0 Å². The van der Waals surface area contributed by atoms with Gasteiger partial charge in [-0.25, -0.2) is 0 Å². The van der Waals surface area contributed by atoms with Crippen LogP contribution in [0.4, 0.5) is 0 Å². The van der Waals surface area contributed by atoms with Crippen LogP contribution >= 0.6 is 31.9 Å². The number of thiol groups is 1. The Bertz CT molecular complexity index is 402. The van der Waals surface area contributed by atoms with Crippen molar-refractivity contribution in [3.05, 3.63) is 57.5 Å². The third-order valence-corrected chi connectivity index (χ3v) is 2.92. The summed E-state index contributed by atoms with van der Waals surface area (Å²) in [6, 6.07) is 15.5. The number of rotatable bonds is 2. The van der Waals surface area contributed by atoms with Crippen molar-refractivity contribution >= 4 is 45.4 Å². The van der Waals surface area contributed by atoms with Crippen LogP contribution in [0.5, 0.6) is 11.5 Å². The maximum Gasteiger partial charge on any atom is 1.00 e. The van der Waals surface area contributed by atoms with Gasteiger partial charge in [-0.2, -0.15) is 0 Å². The SMILES string of the molecule is Brc1ccc(Oc2ccc(Br)cc2)cc1.[Na+].[SH-]. The van der Waals surface area contributed by atoms with Gasteiger partial charge in [0.1, 0.15) is 11.5 Å². The molecule has 0 bridgehead atoms. The van der Waals surface area contributed by atoms with Crippen LogP contribution in [-0.2, 0) is 13.5 Å². The Morgan fingerprint density at radius 1 is 0.647 bits per heavy atom. The molecule has 17 heavy (non-hydrogen) atoms. The van der Waals surface area contributed by atoms with Crippen molar-refractivity contribution in [2.75, 3.05) is 0 Å². The van der Waals surface area contributed by atoms with Gasteiger partial charge in [0, 0.05) is 8.95 Å². The average Bonchev–Trinajstić information content (AvgIpc) is 2.25. The second-order valence-electron chi connectivity index (χ2n) is 3.01. The van der Waals surface area contributed by atoms with Gasteiger partial charge < -0.3 is 18.2 Å². The molecule has 0 aliphatic carbocycles. The summed E-state index contributed by atoms with van der Waals surface area (Å²) < 4.78 is 7.74. The number of halogens is 2. The maximum absolute atomic E-state index is 5.65. The molecule has 0 fully saturated rings. The molecule has 0 aliphatic heterocycles. The van der Waals surface area contributed by atoms with E-state index in [1.165, 1.54) is 0 Å². The molecule has 2 aromatic rings. The minimum Gasteiger partial charge on any atom is -0.813 e. The monoisotopic (exact) mass is 382 g/mol. The quantitative estimate of drug-likeness (QED) is 0.444. The molecular formula is C12H9Br2NaOS. The molecule has 0 heterocycles. The second kappa shape index (κ2) is 8.62. The molecule has 0 radical (unpaired) electrons. The van der Waals surface area contributed by atoms with Crippen molar-refractivity contribution in [2.24, 2.45) is 0 Å². The van der Waals surface area contributed by atoms with Gasteiger partial charge in [-0.15, -0.1) is 0 Å². The van der Waals surface area contributed by atoms with Crippen LogP contribution in [0.1, 0.15) is 0 Å². The van der Waals surface area contributed by atoms with Crippen molar-refractivity contribution in [1.29, 1.82) is 0 Å². The first-order valence-corrected chi connectivity index (χ1v) is 6.01. The van der Waals surface area contributed by atoms with Crippen LogP contribution in [0, 0.1) is 0 Å².